The van der Waals surface area contributed by atoms with Crippen molar-refractivity contribution in [3.63, 3.8) is 0 Å². The SMILES string of the molecule is CC(=O)Nc1cccc(NC(=O)[C@@H]2COc3ccc(Cl)cc3C2)c1. The third kappa shape index (κ3) is 3.86. The molecule has 0 aliphatic carbocycles. The summed E-state index contributed by atoms with van der Waals surface area (Å²) in [5.41, 5.74) is 2.20. The van der Waals surface area contributed by atoms with Crippen molar-refractivity contribution in [1.82, 2.24) is 0 Å². The fourth-order valence-electron chi connectivity index (χ4n) is 2.65. The fraction of sp³-hybridized carbons (Fsp3) is 0.222. The summed E-state index contributed by atoms with van der Waals surface area (Å²) >= 11 is 6.00. The van der Waals surface area contributed by atoms with Crippen LogP contribution in [0.4, 0.5) is 11.4 Å². The van der Waals surface area contributed by atoms with Gasteiger partial charge in [-0.15, -0.1) is 0 Å². The standard InChI is InChI=1S/C18H17ClN2O3/c1-11(22)20-15-3-2-4-16(9-15)21-18(23)13-7-12-8-14(19)5-6-17(12)24-10-13/h2-6,8-9,13H,7,10H2,1H3,(H,20,22)(H,21,23)/t13-/m0/s1. The van der Waals surface area contributed by atoms with E-state index in [4.69, 9.17) is 16.3 Å². The van der Waals surface area contributed by atoms with Gasteiger partial charge in [0.1, 0.15) is 12.4 Å². The Kier molecular flexibility index (Phi) is 4.71. The summed E-state index contributed by atoms with van der Waals surface area (Å²) in [6, 6.07) is 12.4. The van der Waals surface area contributed by atoms with Crippen molar-refractivity contribution in [3.8, 4) is 5.75 Å². The van der Waals surface area contributed by atoms with Crippen molar-refractivity contribution in [3.05, 3.63) is 53.1 Å². The van der Waals surface area contributed by atoms with E-state index in [9.17, 15) is 9.59 Å². The van der Waals surface area contributed by atoms with Crippen LogP contribution in [0.25, 0.3) is 0 Å². The van der Waals surface area contributed by atoms with Crippen LogP contribution >= 0.6 is 11.6 Å². The number of anilines is 2. The van der Waals surface area contributed by atoms with Gasteiger partial charge in [0.05, 0.1) is 5.92 Å². The Balaban J connectivity index is 1.68. The van der Waals surface area contributed by atoms with Crippen molar-refractivity contribution < 1.29 is 14.3 Å². The van der Waals surface area contributed by atoms with Crippen LogP contribution in [0.15, 0.2) is 42.5 Å². The molecule has 2 aromatic carbocycles. The average Bonchev–Trinajstić information content (AvgIpc) is 2.53. The third-order valence-corrected chi connectivity index (χ3v) is 3.99. The zero-order valence-corrected chi connectivity index (χ0v) is 13.9. The summed E-state index contributed by atoms with van der Waals surface area (Å²) < 4.78 is 5.65. The van der Waals surface area contributed by atoms with Crippen LogP contribution in [-0.2, 0) is 16.0 Å². The maximum Gasteiger partial charge on any atom is 0.231 e. The Hall–Kier alpha value is -2.53. The second kappa shape index (κ2) is 6.93. The molecule has 1 atom stereocenters. The molecule has 2 N–H and O–H groups in total. The molecular formula is C18H17ClN2O3. The van der Waals surface area contributed by atoms with Crippen molar-refractivity contribution in [1.29, 1.82) is 0 Å². The van der Waals surface area contributed by atoms with Gasteiger partial charge in [0.15, 0.2) is 0 Å². The number of carbonyl (C=O) groups excluding carboxylic acids is 2. The van der Waals surface area contributed by atoms with E-state index in [1.807, 2.05) is 12.1 Å². The lowest BCUT2D eigenvalue weighted by molar-refractivity contribution is -0.121. The summed E-state index contributed by atoms with van der Waals surface area (Å²) in [5.74, 6) is 0.199. The Morgan fingerprint density at radius 1 is 1.12 bits per heavy atom. The maximum atomic E-state index is 12.5. The van der Waals surface area contributed by atoms with Crippen LogP contribution in [0.1, 0.15) is 12.5 Å². The minimum Gasteiger partial charge on any atom is -0.492 e. The van der Waals surface area contributed by atoms with E-state index in [2.05, 4.69) is 10.6 Å². The van der Waals surface area contributed by atoms with Gasteiger partial charge in [-0.1, -0.05) is 17.7 Å². The van der Waals surface area contributed by atoms with Gasteiger partial charge in [-0.2, -0.15) is 0 Å². The highest BCUT2D eigenvalue weighted by Gasteiger charge is 2.26. The molecule has 0 radical (unpaired) electrons. The Labute approximate surface area is 145 Å². The monoisotopic (exact) mass is 344 g/mol. The van der Waals surface area contributed by atoms with Gasteiger partial charge in [0.25, 0.3) is 0 Å². The molecule has 6 heteroatoms. The smallest absolute Gasteiger partial charge is 0.231 e. The number of ether oxygens (including phenoxy) is 1. The summed E-state index contributed by atoms with van der Waals surface area (Å²) in [5, 5.41) is 6.18. The second-order valence-corrected chi connectivity index (χ2v) is 6.15. The number of hydrogen-bond donors (Lipinski definition) is 2. The predicted octanol–water partition coefficient (Wildman–Crippen LogP) is 3.49. The quantitative estimate of drug-likeness (QED) is 0.895. The zero-order chi connectivity index (χ0) is 17.1. The van der Waals surface area contributed by atoms with Crippen LogP contribution < -0.4 is 15.4 Å². The van der Waals surface area contributed by atoms with Gasteiger partial charge < -0.3 is 15.4 Å². The van der Waals surface area contributed by atoms with E-state index in [1.165, 1.54) is 6.92 Å². The average molecular weight is 345 g/mol. The molecule has 0 spiro atoms. The molecule has 0 saturated carbocycles. The van der Waals surface area contributed by atoms with Gasteiger partial charge in [-0.05, 0) is 48.4 Å². The number of nitrogens with one attached hydrogen (secondary N) is 2. The number of hydrogen-bond acceptors (Lipinski definition) is 3. The highest BCUT2D eigenvalue weighted by molar-refractivity contribution is 6.30. The number of benzene rings is 2. The van der Waals surface area contributed by atoms with E-state index >= 15 is 0 Å². The molecule has 0 bridgehead atoms. The van der Waals surface area contributed by atoms with Crippen molar-refractivity contribution in [2.24, 2.45) is 5.92 Å². The summed E-state index contributed by atoms with van der Waals surface area (Å²) in [6.07, 6.45) is 0.577. The van der Waals surface area contributed by atoms with Gasteiger partial charge in [-0.25, -0.2) is 0 Å². The normalized spacial score (nSPS) is 15.8. The molecule has 2 amide bonds. The van der Waals surface area contributed by atoms with Gasteiger partial charge in [0.2, 0.25) is 11.8 Å². The Morgan fingerprint density at radius 2 is 1.88 bits per heavy atom. The molecule has 0 aromatic heterocycles. The molecule has 24 heavy (non-hydrogen) atoms. The molecule has 0 saturated heterocycles. The first-order chi connectivity index (χ1) is 11.5. The molecule has 0 fully saturated rings. The zero-order valence-electron chi connectivity index (χ0n) is 13.1. The topological polar surface area (TPSA) is 67.4 Å². The molecule has 124 valence electrons. The first kappa shape index (κ1) is 16.3. The minimum absolute atomic E-state index is 0.124. The highest BCUT2D eigenvalue weighted by atomic mass is 35.5. The molecule has 1 heterocycles. The second-order valence-electron chi connectivity index (χ2n) is 5.72. The number of carbonyl (C=O) groups is 2. The van der Waals surface area contributed by atoms with Gasteiger partial charge in [-0.3, -0.25) is 9.59 Å². The van der Waals surface area contributed by atoms with E-state index in [-0.39, 0.29) is 17.7 Å². The van der Waals surface area contributed by atoms with Crippen molar-refractivity contribution in [2.75, 3.05) is 17.2 Å². The Bertz CT molecular complexity index is 792. The van der Waals surface area contributed by atoms with E-state index in [0.717, 1.165) is 11.3 Å². The molecule has 2 aromatic rings. The van der Waals surface area contributed by atoms with E-state index in [0.29, 0.717) is 29.4 Å². The maximum absolute atomic E-state index is 12.5. The number of fused-ring (bicyclic) bond motifs is 1. The molecule has 1 aliphatic heterocycles. The molecule has 3 rings (SSSR count). The van der Waals surface area contributed by atoms with Crippen LogP contribution in [0, 0.1) is 5.92 Å². The summed E-state index contributed by atoms with van der Waals surface area (Å²) in [6.45, 7) is 1.76. The fourth-order valence-corrected chi connectivity index (χ4v) is 2.85. The largest absolute Gasteiger partial charge is 0.492 e. The minimum atomic E-state index is -0.291. The first-order valence-electron chi connectivity index (χ1n) is 7.61. The van der Waals surface area contributed by atoms with Crippen LogP contribution in [-0.4, -0.2) is 18.4 Å². The lowest BCUT2D eigenvalue weighted by Gasteiger charge is -2.24. The lowest BCUT2D eigenvalue weighted by atomic mass is 9.96. The predicted molar refractivity (Wildman–Crippen MR) is 93.5 cm³/mol. The van der Waals surface area contributed by atoms with Gasteiger partial charge >= 0.3 is 0 Å². The number of amides is 2. The highest BCUT2D eigenvalue weighted by Crippen LogP contribution is 2.30. The Morgan fingerprint density at radius 3 is 2.62 bits per heavy atom. The lowest BCUT2D eigenvalue weighted by Crippen LogP contribution is -2.32. The number of rotatable bonds is 3. The summed E-state index contributed by atoms with van der Waals surface area (Å²) in [4.78, 5) is 23.6. The van der Waals surface area contributed by atoms with Crippen LogP contribution in [0.5, 0.6) is 5.75 Å². The first-order valence-corrected chi connectivity index (χ1v) is 7.99. The van der Waals surface area contributed by atoms with E-state index in [1.54, 1.807) is 30.3 Å². The molecule has 1 aliphatic rings. The number of halogens is 1. The summed E-state index contributed by atoms with van der Waals surface area (Å²) in [7, 11) is 0. The van der Waals surface area contributed by atoms with Crippen molar-refractivity contribution >= 4 is 34.8 Å². The van der Waals surface area contributed by atoms with Crippen LogP contribution in [0.3, 0.4) is 0 Å². The molecular weight excluding hydrogens is 328 g/mol. The third-order valence-electron chi connectivity index (χ3n) is 3.75. The molecule has 0 unspecified atom stereocenters. The van der Waals surface area contributed by atoms with E-state index < -0.39 is 0 Å². The van der Waals surface area contributed by atoms with Crippen LogP contribution in [0.2, 0.25) is 5.02 Å². The van der Waals surface area contributed by atoms with Crippen molar-refractivity contribution in [2.45, 2.75) is 13.3 Å². The van der Waals surface area contributed by atoms with Gasteiger partial charge in [0, 0.05) is 23.3 Å². The molecule has 5 nitrogen and oxygen atoms in total.